The Morgan fingerprint density at radius 3 is 2.78 bits per heavy atom. The van der Waals surface area contributed by atoms with Crippen LogP contribution in [0.5, 0.6) is 0 Å². The summed E-state index contributed by atoms with van der Waals surface area (Å²) in [4.78, 5) is 20.1. The maximum absolute atomic E-state index is 11.9. The minimum Gasteiger partial charge on any atom is -0.326 e. The molecule has 0 atom stereocenters. The second-order valence-electron chi connectivity index (χ2n) is 3.87. The molecule has 2 rings (SSSR count). The van der Waals surface area contributed by atoms with E-state index in [2.05, 4.69) is 15.3 Å². The molecule has 2 heterocycles. The lowest BCUT2D eigenvalue weighted by molar-refractivity contribution is 0.102. The van der Waals surface area contributed by atoms with Gasteiger partial charge in [0.1, 0.15) is 11.5 Å². The Hall–Kier alpha value is -2.27. The second kappa shape index (κ2) is 5.37. The number of hydrogen-bond donors (Lipinski definition) is 2. The summed E-state index contributed by atoms with van der Waals surface area (Å²) in [5, 5.41) is 2.69. The van der Waals surface area contributed by atoms with Crippen LogP contribution in [-0.2, 0) is 6.54 Å². The van der Waals surface area contributed by atoms with Crippen molar-refractivity contribution in [1.82, 2.24) is 9.97 Å². The zero-order chi connectivity index (χ0) is 13.0. The first-order chi connectivity index (χ1) is 8.69. The Morgan fingerprint density at radius 1 is 1.33 bits per heavy atom. The molecule has 0 unspecified atom stereocenters. The third-order valence-corrected chi connectivity index (χ3v) is 2.42. The minimum absolute atomic E-state index is 0.281. The molecule has 5 heteroatoms. The highest BCUT2D eigenvalue weighted by molar-refractivity contribution is 6.02. The lowest BCUT2D eigenvalue weighted by atomic mass is 10.2. The molecule has 0 saturated heterocycles. The summed E-state index contributed by atoms with van der Waals surface area (Å²) in [5.74, 6) is 0.237. The molecule has 0 saturated carbocycles. The van der Waals surface area contributed by atoms with Crippen molar-refractivity contribution in [3.05, 3.63) is 53.5 Å². The van der Waals surface area contributed by atoms with E-state index in [4.69, 9.17) is 5.73 Å². The molecular weight excluding hydrogens is 228 g/mol. The number of aryl methyl sites for hydroxylation is 1. The van der Waals surface area contributed by atoms with Crippen LogP contribution >= 0.6 is 0 Å². The van der Waals surface area contributed by atoms with Crippen LogP contribution in [0, 0.1) is 6.92 Å². The van der Waals surface area contributed by atoms with Gasteiger partial charge in [0.15, 0.2) is 0 Å². The molecule has 18 heavy (non-hydrogen) atoms. The lowest BCUT2D eigenvalue weighted by Gasteiger charge is -2.04. The third-order valence-electron chi connectivity index (χ3n) is 2.42. The van der Waals surface area contributed by atoms with Crippen molar-refractivity contribution in [1.29, 1.82) is 0 Å². The van der Waals surface area contributed by atoms with Crippen LogP contribution in [0.1, 0.15) is 21.7 Å². The van der Waals surface area contributed by atoms with E-state index < -0.39 is 0 Å². The standard InChI is InChI=1S/C13H14N4O/c1-9-3-2-4-12(16-9)17-13(18)11-6-5-10(7-14)8-15-11/h2-6,8H,7,14H2,1H3,(H,16,17,18). The molecule has 0 aliphatic rings. The van der Waals surface area contributed by atoms with Gasteiger partial charge in [-0.15, -0.1) is 0 Å². The van der Waals surface area contributed by atoms with Crippen molar-refractivity contribution in [2.45, 2.75) is 13.5 Å². The molecular formula is C13H14N4O. The molecule has 3 N–H and O–H groups in total. The molecule has 0 spiro atoms. The zero-order valence-electron chi connectivity index (χ0n) is 10.1. The Morgan fingerprint density at radius 2 is 2.17 bits per heavy atom. The molecule has 0 bridgehead atoms. The van der Waals surface area contributed by atoms with Crippen LogP contribution in [0.3, 0.4) is 0 Å². The van der Waals surface area contributed by atoms with Gasteiger partial charge in [-0.3, -0.25) is 9.78 Å². The van der Waals surface area contributed by atoms with Gasteiger partial charge < -0.3 is 11.1 Å². The topological polar surface area (TPSA) is 80.9 Å². The number of nitrogens with zero attached hydrogens (tertiary/aromatic N) is 2. The fourth-order valence-electron chi connectivity index (χ4n) is 1.47. The molecule has 2 aromatic rings. The summed E-state index contributed by atoms with van der Waals surface area (Å²) < 4.78 is 0. The fourth-order valence-corrected chi connectivity index (χ4v) is 1.47. The molecule has 0 aliphatic carbocycles. The first kappa shape index (κ1) is 12.2. The van der Waals surface area contributed by atoms with Crippen molar-refractivity contribution in [3.63, 3.8) is 0 Å². The number of anilines is 1. The largest absolute Gasteiger partial charge is 0.326 e. The first-order valence-corrected chi connectivity index (χ1v) is 5.59. The normalized spacial score (nSPS) is 10.1. The molecule has 5 nitrogen and oxygen atoms in total. The Kier molecular flexibility index (Phi) is 3.64. The predicted molar refractivity (Wildman–Crippen MR) is 69.1 cm³/mol. The van der Waals surface area contributed by atoms with Gasteiger partial charge in [0.05, 0.1) is 0 Å². The van der Waals surface area contributed by atoms with Crippen LogP contribution in [0.2, 0.25) is 0 Å². The number of rotatable bonds is 3. The van der Waals surface area contributed by atoms with Gasteiger partial charge in [-0.05, 0) is 30.7 Å². The number of nitrogens with one attached hydrogen (secondary N) is 1. The van der Waals surface area contributed by atoms with Crippen LogP contribution in [0.25, 0.3) is 0 Å². The van der Waals surface area contributed by atoms with E-state index in [1.165, 1.54) is 0 Å². The summed E-state index contributed by atoms with van der Waals surface area (Å²) in [6, 6.07) is 8.87. The SMILES string of the molecule is Cc1cccc(NC(=O)c2ccc(CN)cn2)n1. The number of pyridine rings is 2. The van der Waals surface area contributed by atoms with Crippen molar-refractivity contribution in [2.75, 3.05) is 5.32 Å². The third kappa shape index (κ3) is 2.89. The van der Waals surface area contributed by atoms with E-state index in [0.717, 1.165) is 11.3 Å². The highest BCUT2D eigenvalue weighted by Gasteiger charge is 2.07. The molecule has 0 radical (unpaired) electrons. The fraction of sp³-hybridized carbons (Fsp3) is 0.154. The molecule has 2 aromatic heterocycles. The molecule has 0 fully saturated rings. The van der Waals surface area contributed by atoms with E-state index in [-0.39, 0.29) is 5.91 Å². The summed E-state index contributed by atoms with van der Waals surface area (Å²) in [7, 11) is 0. The lowest BCUT2D eigenvalue weighted by Crippen LogP contribution is -2.15. The van der Waals surface area contributed by atoms with Gasteiger partial charge in [0.25, 0.3) is 5.91 Å². The van der Waals surface area contributed by atoms with Gasteiger partial charge in [0, 0.05) is 18.4 Å². The highest BCUT2D eigenvalue weighted by Crippen LogP contribution is 2.06. The summed E-state index contributed by atoms with van der Waals surface area (Å²) in [6.07, 6.45) is 1.60. The van der Waals surface area contributed by atoms with Gasteiger partial charge in [-0.2, -0.15) is 0 Å². The number of hydrogen-bond acceptors (Lipinski definition) is 4. The zero-order valence-corrected chi connectivity index (χ0v) is 10.1. The quantitative estimate of drug-likeness (QED) is 0.854. The number of amides is 1. The Bertz CT molecular complexity index is 551. The van der Waals surface area contributed by atoms with Gasteiger partial charge in [-0.25, -0.2) is 4.98 Å². The van der Waals surface area contributed by atoms with Crippen LogP contribution in [-0.4, -0.2) is 15.9 Å². The second-order valence-corrected chi connectivity index (χ2v) is 3.87. The van der Waals surface area contributed by atoms with E-state index in [0.29, 0.717) is 18.1 Å². The van der Waals surface area contributed by atoms with Crippen molar-refractivity contribution in [2.24, 2.45) is 5.73 Å². The Labute approximate surface area is 105 Å². The number of carbonyl (C=O) groups excluding carboxylic acids is 1. The maximum atomic E-state index is 11.9. The van der Waals surface area contributed by atoms with Gasteiger partial charge in [0.2, 0.25) is 0 Å². The van der Waals surface area contributed by atoms with Crippen LogP contribution in [0.4, 0.5) is 5.82 Å². The number of nitrogens with two attached hydrogens (primary N) is 1. The first-order valence-electron chi connectivity index (χ1n) is 5.59. The van der Waals surface area contributed by atoms with Crippen molar-refractivity contribution >= 4 is 11.7 Å². The smallest absolute Gasteiger partial charge is 0.275 e. The summed E-state index contributed by atoms with van der Waals surface area (Å²) >= 11 is 0. The van der Waals surface area contributed by atoms with E-state index in [1.807, 2.05) is 19.1 Å². The monoisotopic (exact) mass is 242 g/mol. The maximum Gasteiger partial charge on any atom is 0.275 e. The average molecular weight is 242 g/mol. The van der Waals surface area contributed by atoms with Gasteiger partial charge in [-0.1, -0.05) is 12.1 Å². The van der Waals surface area contributed by atoms with Crippen molar-refractivity contribution in [3.8, 4) is 0 Å². The minimum atomic E-state index is -0.281. The number of carbonyl (C=O) groups is 1. The molecule has 1 amide bonds. The van der Waals surface area contributed by atoms with E-state index >= 15 is 0 Å². The molecule has 92 valence electrons. The van der Waals surface area contributed by atoms with Crippen molar-refractivity contribution < 1.29 is 4.79 Å². The van der Waals surface area contributed by atoms with Gasteiger partial charge >= 0.3 is 0 Å². The van der Waals surface area contributed by atoms with Crippen LogP contribution < -0.4 is 11.1 Å². The highest BCUT2D eigenvalue weighted by atomic mass is 16.1. The molecule has 0 aromatic carbocycles. The number of aromatic nitrogens is 2. The summed E-state index contributed by atoms with van der Waals surface area (Å²) in [5.41, 5.74) is 7.54. The van der Waals surface area contributed by atoms with E-state index in [9.17, 15) is 4.79 Å². The van der Waals surface area contributed by atoms with Crippen LogP contribution in [0.15, 0.2) is 36.5 Å². The molecule has 0 aliphatic heterocycles. The van der Waals surface area contributed by atoms with E-state index in [1.54, 1.807) is 24.4 Å². The Balaban J connectivity index is 2.11. The average Bonchev–Trinajstić information content (AvgIpc) is 2.39. The predicted octanol–water partition coefficient (Wildman–Crippen LogP) is 1.50. The summed E-state index contributed by atoms with van der Waals surface area (Å²) in [6.45, 7) is 2.28.